The summed E-state index contributed by atoms with van der Waals surface area (Å²) < 4.78 is 26.3. The maximum atomic E-state index is 13.1. The third-order valence-electron chi connectivity index (χ3n) is 8.25. The van der Waals surface area contributed by atoms with E-state index < -0.39 is 13.3 Å². The lowest BCUT2D eigenvalue weighted by Gasteiger charge is -2.55. The van der Waals surface area contributed by atoms with Gasteiger partial charge in [0, 0.05) is 30.4 Å². The minimum atomic E-state index is -0.676. The number of nitrogens with one attached hydrogen (secondary N) is 1. The topological polar surface area (TPSA) is 44.7 Å². The fraction of sp³-hybridized carbons (Fsp3) is 0.704. The second-order valence-electron chi connectivity index (χ2n) is 11.1. The van der Waals surface area contributed by atoms with Crippen LogP contribution in [-0.2, 0) is 18.1 Å². The number of aliphatic imine (C=N–C) groups is 1. The summed E-state index contributed by atoms with van der Waals surface area (Å²) in [6.45, 7) is 1.77. The van der Waals surface area contributed by atoms with E-state index in [1.165, 1.54) is 44.6 Å². The Hall–Kier alpha value is -1.34. The standard InChI is InChI=1S/C27H37F2N3OS.ClH/c1-2-3-4-32-24(11-25(33)30-23-9-21(15-28)8-22(10-23)16-29)17-34-26(32)31-27-12-18-5-19(13-27)7-20(6-18)14-27;/h8-10,18-20,24H,2-7,11-17H2,1H3,(H,30,33);1H. The summed E-state index contributed by atoms with van der Waals surface area (Å²) in [6, 6.07) is 4.79. The molecule has 1 saturated heterocycles. The van der Waals surface area contributed by atoms with E-state index in [0.717, 1.165) is 48.1 Å². The SMILES string of the molecule is CCCCN1C(=NC23CC4CC(CC(C4)C2)C3)SCC1CC(=O)Nc1cc(CF)cc(CF)c1.Cl. The molecule has 6 rings (SSSR count). The van der Waals surface area contributed by atoms with Crippen LogP contribution < -0.4 is 5.32 Å². The lowest BCUT2D eigenvalue weighted by atomic mass is 9.53. The molecule has 4 aliphatic carbocycles. The molecule has 1 heterocycles. The molecule has 5 fully saturated rings. The second kappa shape index (κ2) is 11.4. The van der Waals surface area contributed by atoms with Gasteiger partial charge in [0.15, 0.2) is 5.17 Å². The van der Waals surface area contributed by atoms with Crippen LogP contribution >= 0.6 is 24.2 Å². The Kier molecular flexibility index (Phi) is 8.68. The number of halogens is 3. The first-order valence-electron chi connectivity index (χ1n) is 13.0. The predicted octanol–water partition coefficient (Wildman–Crippen LogP) is 6.92. The highest BCUT2D eigenvalue weighted by molar-refractivity contribution is 8.14. The van der Waals surface area contributed by atoms with Crippen molar-refractivity contribution in [1.29, 1.82) is 0 Å². The van der Waals surface area contributed by atoms with Crippen LogP contribution in [0.3, 0.4) is 0 Å². The summed E-state index contributed by atoms with van der Waals surface area (Å²) in [5.41, 5.74) is 1.38. The second-order valence-corrected chi connectivity index (χ2v) is 12.1. The largest absolute Gasteiger partial charge is 0.347 e. The molecule has 194 valence electrons. The van der Waals surface area contributed by atoms with E-state index in [-0.39, 0.29) is 29.9 Å². The number of unbranched alkanes of at least 4 members (excludes halogenated alkanes) is 1. The number of rotatable bonds is 9. The number of anilines is 1. The molecule has 4 nitrogen and oxygen atoms in total. The number of amides is 1. The molecule has 4 bridgehead atoms. The number of hydrogen-bond donors (Lipinski definition) is 1. The van der Waals surface area contributed by atoms with Gasteiger partial charge in [-0.25, -0.2) is 8.78 Å². The van der Waals surface area contributed by atoms with Crippen molar-refractivity contribution in [2.75, 3.05) is 17.6 Å². The Morgan fingerprint density at radius 2 is 1.69 bits per heavy atom. The summed E-state index contributed by atoms with van der Waals surface area (Å²) in [7, 11) is 0. The molecule has 5 aliphatic rings. The van der Waals surface area contributed by atoms with Crippen molar-refractivity contribution in [3.05, 3.63) is 29.3 Å². The van der Waals surface area contributed by atoms with E-state index >= 15 is 0 Å². The Bertz CT molecular complexity index is 885. The number of carbonyl (C=O) groups excluding carboxylic acids is 1. The molecular weight excluding hydrogens is 488 g/mol. The summed E-state index contributed by atoms with van der Waals surface area (Å²) in [4.78, 5) is 20.8. The van der Waals surface area contributed by atoms with Gasteiger partial charge in [0.05, 0.1) is 5.54 Å². The van der Waals surface area contributed by atoms with Crippen molar-refractivity contribution in [2.45, 2.75) is 89.6 Å². The lowest BCUT2D eigenvalue weighted by Crippen LogP contribution is -2.50. The Morgan fingerprint density at radius 3 is 2.23 bits per heavy atom. The van der Waals surface area contributed by atoms with Crippen molar-refractivity contribution in [2.24, 2.45) is 22.7 Å². The first-order chi connectivity index (χ1) is 16.5. The molecule has 1 aromatic carbocycles. The predicted molar refractivity (Wildman–Crippen MR) is 143 cm³/mol. The molecule has 35 heavy (non-hydrogen) atoms. The molecule has 8 heteroatoms. The molecule has 4 saturated carbocycles. The van der Waals surface area contributed by atoms with Crippen LogP contribution in [0.5, 0.6) is 0 Å². The quantitative estimate of drug-likeness (QED) is 0.380. The van der Waals surface area contributed by atoms with E-state index in [2.05, 4.69) is 17.1 Å². The van der Waals surface area contributed by atoms with Crippen LogP contribution in [0.2, 0.25) is 0 Å². The molecule has 1 atom stereocenters. The number of amidine groups is 1. The maximum absolute atomic E-state index is 13.1. The van der Waals surface area contributed by atoms with Gasteiger partial charge < -0.3 is 10.2 Å². The van der Waals surface area contributed by atoms with Gasteiger partial charge in [-0.3, -0.25) is 9.79 Å². The van der Waals surface area contributed by atoms with Crippen LogP contribution in [0.1, 0.15) is 75.8 Å². The van der Waals surface area contributed by atoms with Crippen LogP contribution in [-0.4, -0.2) is 39.9 Å². The molecule has 1 unspecified atom stereocenters. The number of alkyl halides is 2. The molecular formula is C27H38ClF2N3OS. The van der Waals surface area contributed by atoms with Crippen molar-refractivity contribution < 1.29 is 13.6 Å². The lowest BCUT2D eigenvalue weighted by molar-refractivity contribution is -0.116. The average molecular weight is 526 g/mol. The normalized spacial score (nSPS) is 32.2. The van der Waals surface area contributed by atoms with Gasteiger partial charge in [-0.2, -0.15) is 0 Å². The van der Waals surface area contributed by atoms with Crippen LogP contribution in [0.25, 0.3) is 0 Å². The average Bonchev–Trinajstić information content (AvgIpc) is 3.16. The Morgan fingerprint density at radius 1 is 1.09 bits per heavy atom. The minimum absolute atomic E-state index is 0. The van der Waals surface area contributed by atoms with E-state index in [4.69, 9.17) is 4.99 Å². The van der Waals surface area contributed by atoms with Gasteiger partial charge in [-0.05, 0) is 86.0 Å². The summed E-state index contributed by atoms with van der Waals surface area (Å²) in [5, 5.41) is 4.03. The van der Waals surface area contributed by atoms with Crippen molar-refractivity contribution in [3.8, 4) is 0 Å². The molecule has 0 spiro atoms. The summed E-state index contributed by atoms with van der Waals surface area (Å²) >= 11 is 1.82. The summed E-state index contributed by atoms with van der Waals surface area (Å²) in [5.74, 6) is 3.35. The zero-order valence-electron chi connectivity index (χ0n) is 20.6. The molecule has 0 radical (unpaired) electrons. The van der Waals surface area contributed by atoms with Gasteiger partial charge in [0.1, 0.15) is 13.3 Å². The molecule has 0 aromatic heterocycles. The van der Waals surface area contributed by atoms with Gasteiger partial charge in [0.2, 0.25) is 5.91 Å². The van der Waals surface area contributed by atoms with E-state index in [1.807, 2.05) is 11.8 Å². The van der Waals surface area contributed by atoms with Gasteiger partial charge in [-0.1, -0.05) is 31.2 Å². The smallest absolute Gasteiger partial charge is 0.226 e. The van der Waals surface area contributed by atoms with Crippen molar-refractivity contribution in [1.82, 2.24) is 4.90 Å². The molecule has 1 aromatic rings. The van der Waals surface area contributed by atoms with Gasteiger partial charge in [-0.15, -0.1) is 12.4 Å². The number of hydrogen-bond acceptors (Lipinski definition) is 3. The fourth-order valence-corrected chi connectivity index (χ4v) is 8.50. The zero-order valence-corrected chi connectivity index (χ0v) is 22.2. The highest BCUT2D eigenvalue weighted by atomic mass is 35.5. The van der Waals surface area contributed by atoms with Crippen LogP contribution in [0.4, 0.5) is 14.5 Å². The molecule has 1 amide bonds. The first kappa shape index (κ1) is 26.7. The van der Waals surface area contributed by atoms with Crippen LogP contribution in [0.15, 0.2) is 23.2 Å². The van der Waals surface area contributed by atoms with E-state index in [0.29, 0.717) is 23.2 Å². The Labute approximate surface area is 218 Å². The fourth-order valence-electron chi connectivity index (χ4n) is 7.19. The van der Waals surface area contributed by atoms with Crippen LogP contribution in [0, 0.1) is 17.8 Å². The number of nitrogens with zero attached hydrogens (tertiary/aromatic N) is 2. The third-order valence-corrected chi connectivity index (χ3v) is 9.38. The Balaban J connectivity index is 0.00000289. The van der Waals surface area contributed by atoms with Crippen molar-refractivity contribution in [3.63, 3.8) is 0 Å². The highest BCUT2D eigenvalue weighted by Crippen LogP contribution is 2.57. The number of benzene rings is 1. The highest BCUT2D eigenvalue weighted by Gasteiger charge is 2.51. The van der Waals surface area contributed by atoms with Crippen molar-refractivity contribution >= 4 is 40.9 Å². The van der Waals surface area contributed by atoms with E-state index in [9.17, 15) is 13.6 Å². The van der Waals surface area contributed by atoms with Gasteiger partial charge >= 0.3 is 0 Å². The maximum Gasteiger partial charge on any atom is 0.226 e. The monoisotopic (exact) mass is 525 g/mol. The zero-order chi connectivity index (χ0) is 23.7. The van der Waals surface area contributed by atoms with E-state index in [1.54, 1.807) is 12.1 Å². The summed E-state index contributed by atoms with van der Waals surface area (Å²) in [6.07, 6.45) is 10.5. The molecule has 1 N–H and O–H groups in total. The first-order valence-corrected chi connectivity index (χ1v) is 14.0. The number of carbonyl (C=O) groups is 1. The molecule has 1 aliphatic heterocycles. The minimum Gasteiger partial charge on any atom is -0.347 e. The number of thioether (sulfide) groups is 1. The third kappa shape index (κ3) is 5.98. The van der Waals surface area contributed by atoms with Gasteiger partial charge in [0.25, 0.3) is 0 Å².